The topological polar surface area (TPSA) is 73.6 Å². The number of thiocarbonyl (C=S) groups is 1. The molecule has 1 rings (SSSR count). The lowest BCUT2D eigenvalue weighted by molar-refractivity contribution is 0.0923. The van der Waals surface area contributed by atoms with Crippen molar-refractivity contribution in [3.63, 3.8) is 0 Å². The van der Waals surface area contributed by atoms with Crippen molar-refractivity contribution >= 4 is 23.1 Å². The third-order valence-corrected chi connectivity index (χ3v) is 3.74. The van der Waals surface area contributed by atoms with Crippen molar-refractivity contribution in [1.29, 1.82) is 0 Å². The van der Waals surface area contributed by atoms with E-state index in [0.717, 1.165) is 0 Å². The Morgan fingerprint density at radius 1 is 1.40 bits per heavy atom. The van der Waals surface area contributed by atoms with Gasteiger partial charge in [0, 0.05) is 6.07 Å². The number of methoxy groups -OCH3 is 2. The van der Waals surface area contributed by atoms with Crippen molar-refractivity contribution < 1.29 is 14.3 Å². The second-order valence-electron chi connectivity index (χ2n) is 4.57. The molecular weight excluding hydrogens is 276 g/mol. The molecule has 1 aromatic carbocycles. The molecule has 0 aliphatic heterocycles. The number of nitrogens with one attached hydrogen (secondary N) is 1. The van der Waals surface area contributed by atoms with Crippen LogP contribution in [0.25, 0.3) is 0 Å². The van der Waals surface area contributed by atoms with Crippen molar-refractivity contribution in [2.24, 2.45) is 5.73 Å². The number of hydrogen-bond donors (Lipinski definition) is 2. The molecule has 5 nitrogen and oxygen atoms in total. The van der Waals surface area contributed by atoms with Crippen LogP contribution in [0.3, 0.4) is 0 Å². The molecule has 1 aromatic rings. The molecule has 0 saturated heterocycles. The predicted octanol–water partition coefficient (Wildman–Crippen LogP) is 1.89. The van der Waals surface area contributed by atoms with Gasteiger partial charge in [0.25, 0.3) is 5.91 Å². The second kappa shape index (κ2) is 6.56. The van der Waals surface area contributed by atoms with E-state index in [4.69, 9.17) is 27.4 Å². The molecule has 0 heterocycles. The van der Waals surface area contributed by atoms with Crippen LogP contribution in [0.15, 0.2) is 18.2 Å². The highest BCUT2D eigenvalue weighted by atomic mass is 32.1. The summed E-state index contributed by atoms with van der Waals surface area (Å²) in [7, 11) is 3.05. The molecule has 0 fully saturated rings. The summed E-state index contributed by atoms with van der Waals surface area (Å²) < 4.78 is 10.3. The van der Waals surface area contributed by atoms with Gasteiger partial charge in [0.05, 0.1) is 30.3 Å². The molecule has 3 N–H and O–H groups in total. The molecule has 0 aliphatic rings. The minimum Gasteiger partial charge on any atom is -0.497 e. The molecule has 0 spiro atoms. The van der Waals surface area contributed by atoms with Gasteiger partial charge in [0.15, 0.2) is 0 Å². The monoisotopic (exact) mass is 296 g/mol. The maximum atomic E-state index is 12.4. The average molecular weight is 296 g/mol. The summed E-state index contributed by atoms with van der Waals surface area (Å²) in [4.78, 5) is 12.6. The van der Waals surface area contributed by atoms with Gasteiger partial charge in [-0.2, -0.15) is 0 Å². The fourth-order valence-corrected chi connectivity index (χ4v) is 1.82. The third kappa shape index (κ3) is 3.39. The van der Waals surface area contributed by atoms with Gasteiger partial charge in [-0.25, -0.2) is 0 Å². The summed E-state index contributed by atoms with van der Waals surface area (Å²) >= 11 is 5.01. The highest BCUT2D eigenvalue weighted by Crippen LogP contribution is 2.25. The van der Waals surface area contributed by atoms with Gasteiger partial charge >= 0.3 is 0 Å². The van der Waals surface area contributed by atoms with E-state index in [9.17, 15) is 4.79 Å². The van der Waals surface area contributed by atoms with Crippen LogP contribution >= 0.6 is 12.2 Å². The third-order valence-electron chi connectivity index (χ3n) is 3.29. The van der Waals surface area contributed by atoms with E-state index >= 15 is 0 Å². The number of nitrogens with two attached hydrogens (primary N) is 1. The number of amides is 1. The highest BCUT2D eigenvalue weighted by Gasteiger charge is 2.29. The predicted molar refractivity (Wildman–Crippen MR) is 82.5 cm³/mol. The zero-order chi connectivity index (χ0) is 15.3. The Hall–Kier alpha value is -1.82. The first kappa shape index (κ1) is 16.2. The molecule has 20 heavy (non-hydrogen) atoms. The highest BCUT2D eigenvalue weighted by molar-refractivity contribution is 7.80. The molecule has 0 aromatic heterocycles. The lowest BCUT2D eigenvalue weighted by atomic mass is 9.98. The van der Waals surface area contributed by atoms with Gasteiger partial charge in [-0.05, 0) is 25.5 Å². The molecule has 0 bridgehead atoms. The number of carbonyl (C=O) groups excluding carboxylic acids is 1. The van der Waals surface area contributed by atoms with Gasteiger partial charge < -0.3 is 20.5 Å². The summed E-state index contributed by atoms with van der Waals surface area (Å²) in [6, 6.07) is 4.99. The number of rotatable bonds is 6. The number of carbonyl (C=O) groups is 1. The van der Waals surface area contributed by atoms with Crippen molar-refractivity contribution in [2.45, 2.75) is 25.8 Å². The lowest BCUT2D eigenvalue weighted by Gasteiger charge is -2.28. The van der Waals surface area contributed by atoms with E-state index in [1.807, 2.05) is 6.92 Å². The van der Waals surface area contributed by atoms with Crippen LogP contribution in [-0.4, -0.2) is 30.7 Å². The largest absolute Gasteiger partial charge is 0.497 e. The van der Waals surface area contributed by atoms with Crippen LogP contribution in [0.4, 0.5) is 0 Å². The molecular formula is C14H20N2O3S. The fourth-order valence-electron chi connectivity index (χ4n) is 1.63. The van der Waals surface area contributed by atoms with E-state index in [-0.39, 0.29) is 10.9 Å². The lowest BCUT2D eigenvalue weighted by Crippen LogP contribution is -2.54. The first-order valence-electron chi connectivity index (χ1n) is 6.22. The van der Waals surface area contributed by atoms with Gasteiger partial charge in [-0.1, -0.05) is 19.1 Å². The summed E-state index contributed by atoms with van der Waals surface area (Å²) in [5.41, 5.74) is 5.37. The smallest absolute Gasteiger partial charge is 0.255 e. The Bertz CT molecular complexity index is 519. The maximum Gasteiger partial charge on any atom is 0.255 e. The van der Waals surface area contributed by atoms with Crippen LogP contribution in [0.5, 0.6) is 11.5 Å². The summed E-state index contributed by atoms with van der Waals surface area (Å²) in [6.07, 6.45) is 0.604. The van der Waals surface area contributed by atoms with Crippen molar-refractivity contribution in [3.05, 3.63) is 23.8 Å². The van der Waals surface area contributed by atoms with Crippen molar-refractivity contribution in [1.82, 2.24) is 5.32 Å². The van der Waals surface area contributed by atoms with E-state index in [1.54, 1.807) is 32.2 Å². The van der Waals surface area contributed by atoms with Crippen molar-refractivity contribution in [2.75, 3.05) is 14.2 Å². The zero-order valence-electron chi connectivity index (χ0n) is 12.1. The molecule has 1 unspecified atom stereocenters. The molecule has 1 amide bonds. The summed E-state index contributed by atoms with van der Waals surface area (Å²) in [5, 5.41) is 2.85. The van der Waals surface area contributed by atoms with E-state index in [2.05, 4.69) is 5.32 Å². The van der Waals surface area contributed by atoms with Gasteiger partial charge in [-0.15, -0.1) is 0 Å². The second-order valence-corrected chi connectivity index (χ2v) is 5.01. The van der Waals surface area contributed by atoms with Crippen LogP contribution in [0, 0.1) is 0 Å². The molecule has 6 heteroatoms. The Labute approximate surface area is 124 Å². The Morgan fingerprint density at radius 2 is 2.05 bits per heavy atom. The summed E-state index contributed by atoms with van der Waals surface area (Å²) in [5.74, 6) is 0.760. The Kier molecular flexibility index (Phi) is 5.33. The van der Waals surface area contributed by atoms with Crippen LogP contribution in [0.2, 0.25) is 0 Å². The Balaban J connectivity index is 3.06. The molecule has 0 radical (unpaired) electrons. The van der Waals surface area contributed by atoms with E-state index < -0.39 is 5.54 Å². The van der Waals surface area contributed by atoms with Crippen LogP contribution in [-0.2, 0) is 0 Å². The quantitative estimate of drug-likeness (QED) is 0.784. The molecule has 0 aliphatic carbocycles. The number of benzene rings is 1. The molecule has 110 valence electrons. The maximum absolute atomic E-state index is 12.4. The van der Waals surface area contributed by atoms with Gasteiger partial charge in [0.2, 0.25) is 0 Å². The van der Waals surface area contributed by atoms with E-state index in [0.29, 0.717) is 23.5 Å². The SMILES string of the molecule is CCC(C)(NC(=O)c1ccc(OC)cc1OC)C(N)=S. The van der Waals surface area contributed by atoms with Crippen LogP contribution < -0.4 is 20.5 Å². The first-order chi connectivity index (χ1) is 9.37. The van der Waals surface area contributed by atoms with Gasteiger partial charge in [0.1, 0.15) is 11.5 Å². The Morgan fingerprint density at radius 3 is 2.50 bits per heavy atom. The fraction of sp³-hybridized carbons (Fsp3) is 0.429. The summed E-state index contributed by atoms with van der Waals surface area (Å²) in [6.45, 7) is 3.70. The molecule has 1 atom stereocenters. The minimum atomic E-state index is -0.725. The minimum absolute atomic E-state index is 0.251. The standard InChI is InChI=1S/C14H20N2O3S/c1-5-14(2,13(15)20)16-12(17)10-7-6-9(18-3)8-11(10)19-4/h6-8H,5H2,1-4H3,(H2,15,20)(H,16,17). The first-order valence-corrected chi connectivity index (χ1v) is 6.63. The average Bonchev–Trinajstić information content (AvgIpc) is 2.45. The van der Waals surface area contributed by atoms with E-state index in [1.165, 1.54) is 7.11 Å². The zero-order valence-corrected chi connectivity index (χ0v) is 13.0. The number of ether oxygens (including phenoxy) is 2. The normalized spacial score (nSPS) is 13.2. The number of hydrogen-bond acceptors (Lipinski definition) is 4. The van der Waals surface area contributed by atoms with Crippen LogP contribution in [0.1, 0.15) is 30.6 Å². The van der Waals surface area contributed by atoms with Crippen molar-refractivity contribution in [3.8, 4) is 11.5 Å². The molecule has 0 saturated carbocycles. The van der Waals surface area contributed by atoms with Gasteiger partial charge in [-0.3, -0.25) is 4.79 Å².